The van der Waals surface area contributed by atoms with Crippen LogP contribution in [-0.4, -0.2) is 53.0 Å². The summed E-state index contributed by atoms with van der Waals surface area (Å²) in [6.45, 7) is 11.1. The second kappa shape index (κ2) is 14.9. The van der Waals surface area contributed by atoms with Crippen molar-refractivity contribution in [3.8, 4) is 0 Å². The average molecular weight is 617 g/mol. The fourth-order valence-electron chi connectivity index (χ4n) is 5.14. The van der Waals surface area contributed by atoms with E-state index in [1.54, 1.807) is 12.2 Å². The van der Waals surface area contributed by atoms with Gasteiger partial charge in [0.1, 0.15) is 5.56 Å². The van der Waals surface area contributed by atoms with Gasteiger partial charge in [-0.05, 0) is 55.5 Å². The standard InChI is InChI=1S/C33H37F5N4O2/c1-6-10-23(40-25(11-7-2)22-13-12-20(8-3)21(9-4)16-22)17-24(39)32(43)41-14-15-42(19(5)18-41)33(44)26-27(34)29(36)31(38)30(37)28(26)35/h7,11-13,16-17,19H,2,6,8-10,14-15,18,39H2,1,3-5H3/b24-17-,25-11-,40-23-. The maximum absolute atomic E-state index is 14.3. The molecule has 1 aliphatic rings. The van der Waals surface area contributed by atoms with Crippen LogP contribution in [-0.2, 0) is 17.6 Å². The molecule has 1 atom stereocenters. The Labute approximate surface area is 254 Å². The Kier molecular flexibility index (Phi) is 11.6. The molecule has 0 saturated carbocycles. The van der Waals surface area contributed by atoms with Gasteiger partial charge in [-0.15, -0.1) is 0 Å². The lowest BCUT2D eigenvalue weighted by atomic mass is 9.98. The minimum absolute atomic E-state index is 0.0791. The molecule has 236 valence electrons. The minimum atomic E-state index is -2.35. The number of allylic oxidation sites excluding steroid dienone is 3. The molecule has 0 aromatic heterocycles. The summed E-state index contributed by atoms with van der Waals surface area (Å²) in [6.07, 6.45) is 7.94. The third-order valence-electron chi connectivity index (χ3n) is 7.48. The molecular weight excluding hydrogens is 579 g/mol. The van der Waals surface area contributed by atoms with Crippen molar-refractivity contribution in [1.29, 1.82) is 0 Å². The van der Waals surface area contributed by atoms with Gasteiger partial charge in [-0.25, -0.2) is 22.0 Å². The molecule has 2 aromatic rings. The fraction of sp³-hybridized carbons (Fsp3) is 0.364. The van der Waals surface area contributed by atoms with E-state index in [1.165, 1.54) is 29.0 Å². The van der Waals surface area contributed by atoms with Crippen LogP contribution in [0.5, 0.6) is 0 Å². The largest absolute Gasteiger partial charge is 0.394 e. The van der Waals surface area contributed by atoms with Gasteiger partial charge in [0.25, 0.3) is 11.8 Å². The van der Waals surface area contributed by atoms with Gasteiger partial charge in [0, 0.05) is 37.0 Å². The zero-order valence-electron chi connectivity index (χ0n) is 25.3. The quantitative estimate of drug-likeness (QED) is 0.0828. The van der Waals surface area contributed by atoms with Crippen LogP contribution >= 0.6 is 0 Å². The number of nitrogens with two attached hydrogens (primary N) is 1. The minimum Gasteiger partial charge on any atom is -0.394 e. The van der Waals surface area contributed by atoms with Gasteiger partial charge in [-0.1, -0.05) is 52.0 Å². The van der Waals surface area contributed by atoms with Crippen LogP contribution in [0, 0.1) is 29.1 Å². The number of amides is 2. The smallest absolute Gasteiger partial charge is 0.269 e. The lowest BCUT2D eigenvalue weighted by molar-refractivity contribution is -0.129. The highest BCUT2D eigenvalue weighted by atomic mass is 19.2. The van der Waals surface area contributed by atoms with Gasteiger partial charge in [0.2, 0.25) is 5.82 Å². The van der Waals surface area contributed by atoms with Crippen LogP contribution in [0.1, 0.15) is 67.6 Å². The van der Waals surface area contributed by atoms with E-state index in [0.717, 1.165) is 29.7 Å². The van der Waals surface area contributed by atoms with Crippen molar-refractivity contribution in [2.75, 3.05) is 19.6 Å². The Balaban J connectivity index is 1.83. The Morgan fingerprint density at radius 1 is 0.977 bits per heavy atom. The summed E-state index contributed by atoms with van der Waals surface area (Å²) in [4.78, 5) is 33.3. The molecule has 2 amide bonds. The molecular formula is C33H37F5N4O2. The first-order valence-electron chi connectivity index (χ1n) is 14.5. The summed E-state index contributed by atoms with van der Waals surface area (Å²) in [5.74, 6) is -13.1. The zero-order chi connectivity index (χ0) is 32.7. The number of hydrogen-bond donors (Lipinski definition) is 1. The second-order valence-corrected chi connectivity index (χ2v) is 10.5. The van der Waals surface area contributed by atoms with E-state index in [0.29, 0.717) is 17.8 Å². The lowest BCUT2D eigenvalue weighted by Crippen LogP contribution is -2.56. The topological polar surface area (TPSA) is 79.0 Å². The normalized spacial score (nSPS) is 16.4. The van der Waals surface area contributed by atoms with Crippen LogP contribution in [0.3, 0.4) is 0 Å². The van der Waals surface area contributed by atoms with Gasteiger partial charge in [-0.3, -0.25) is 14.6 Å². The third kappa shape index (κ3) is 7.26. The van der Waals surface area contributed by atoms with Gasteiger partial charge < -0.3 is 15.5 Å². The van der Waals surface area contributed by atoms with E-state index < -0.39 is 52.5 Å². The Morgan fingerprint density at radius 2 is 1.59 bits per heavy atom. The summed E-state index contributed by atoms with van der Waals surface area (Å²) in [7, 11) is 0. The van der Waals surface area contributed by atoms with Crippen LogP contribution in [0.25, 0.3) is 5.70 Å². The maximum atomic E-state index is 14.3. The van der Waals surface area contributed by atoms with Crippen LogP contribution in [0.2, 0.25) is 0 Å². The van der Waals surface area contributed by atoms with E-state index in [4.69, 9.17) is 10.7 Å². The molecule has 1 heterocycles. The van der Waals surface area contributed by atoms with E-state index in [-0.39, 0.29) is 25.3 Å². The number of nitrogens with zero attached hydrogens (tertiary/aromatic N) is 3. The first kappa shape index (κ1) is 34.2. The van der Waals surface area contributed by atoms with Gasteiger partial charge in [0.15, 0.2) is 23.3 Å². The first-order chi connectivity index (χ1) is 20.9. The molecule has 0 aliphatic carbocycles. The summed E-state index contributed by atoms with van der Waals surface area (Å²) < 4.78 is 69.4. The van der Waals surface area contributed by atoms with Crippen LogP contribution in [0.4, 0.5) is 22.0 Å². The number of aliphatic imine (C=N–C) groups is 1. The highest BCUT2D eigenvalue weighted by Crippen LogP contribution is 2.26. The third-order valence-corrected chi connectivity index (χ3v) is 7.48. The zero-order valence-corrected chi connectivity index (χ0v) is 25.3. The van der Waals surface area contributed by atoms with E-state index >= 15 is 0 Å². The number of hydrogen-bond acceptors (Lipinski definition) is 4. The van der Waals surface area contributed by atoms with E-state index in [1.807, 2.05) is 13.0 Å². The molecule has 44 heavy (non-hydrogen) atoms. The van der Waals surface area contributed by atoms with E-state index in [2.05, 4.69) is 32.6 Å². The summed E-state index contributed by atoms with van der Waals surface area (Å²) in [5.41, 5.74) is 9.17. The molecule has 1 fully saturated rings. The molecule has 1 unspecified atom stereocenters. The molecule has 0 spiro atoms. The number of carbonyl (C=O) groups is 2. The van der Waals surface area contributed by atoms with E-state index in [9.17, 15) is 31.5 Å². The number of aryl methyl sites for hydroxylation is 2. The van der Waals surface area contributed by atoms with Crippen molar-refractivity contribution in [3.63, 3.8) is 0 Å². The molecule has 6 nitrogen and oxygen atoms in total. The molecule has 1 saturated heterocycles. The predicted molar refractivity (Wildman–Crippen MR) is 161 cm³/mol. The number of carbonyl (C=O) groups excluding carboxylic acids is 2. The Bertz CT molecular complexity index is 1500. The monoisotopic (exact) mass is 616 g/mol. The van der Waals surface area contributed by atoms with Crippen molar-refractivity contribution < 1.29 is 31.5 Å². The van der Waals surface area contributed by atoms with Gasteiger partial charge in [0.05, 0.1) is 11.4 Å². The highest BCUT2D eigenvalue weighted by Gasteiger charge is 2.36. The first-order valence-corrected chi connectivity index (χ1v) is 14.5. The molecule has 11 heteroatoms. The molecule has 3 rings (SSSR count). The summed E-state index contributed by atoms with van der Waals surface area (Å²) in [6, 6.07) is 5.35. The highest BCUT2D eigenvalue weighted by molar-refractivity contribution is 6.05. The van der Waals surface area contributed by atoms with Crippen molar-refractivity contribution in [2.24, 2.45) is 10.7 Å². The Hall–Kier alpha value is -4.28. The number of benzene rings is 2. The number of rotatable bonds is 10. The van der Waals surface area contributed by atoms with Crippen molar-refractivity contribution >= 4 is 23.2 Å². The van der Waals surface area contributed by atoms with Gasteiger partial charge >= 0.3 is 0 Å². The number of piperazine rings is 1. The Morgan fingerprint density at radius 3 is 2.14 bits per heavy atom. The van der Waals surface area contributed by atoms with Crippen LogP contribution < -0.4 is 5.73 Å². The molecule has 1 aliphatic heterocycles. The van der Waals surface area contributed by atoms with Gasteiger partial charge in [-0.2, -0.15) is 0 Å². The average Bonchev–Trinajstić information content (AvgIpc) is 3.01. The maximum Gasteiger partial charge on any atom is 0.269 e. The number of halogens is 5. The van der Waals surface area contributed by atoms with Crippen LogP contribution in [0.15, 0.2) is 53.7 Å². The lowest BCUT2D eigenvalue weighted by Gasteiger charge is -2.40. The second-order valence-electron chi connectivity index (χ2n) is 10.5. The van der Waals surface area contributed by atoms with Crippen molar-refractivity contribution in [2.45, 2.75) is 59.4 Å². The molecule has 2 N–H and O–H groups in total. The summed E-state index contributed by atoms with van der Waals surface area (Å²) >= 11 is 0. The molecule has 0 radical (unpaired) electrons. The SMILES string of the molecule is C=C\C=C(/N=C(\C=C(/N)C(=O)N1CCN(C(=O)c2c(F)c(F)c(F)c(F)c2F)C(C)C1)CCC)c1ccc(CC)c(CC)c1. The predicted octanol–water partition coefficient (Wildman–Crippen LogP) is 6.49. The summed E-state index contributed by atoms with van der Waals surface area (Å²) in [5, 5.41) is 0. The van der Waals surface area contributed by atoms with Crippen molar-refractivity contribution in [3.05, 3.63) is 100 Å². The molecule has 0 bridgehead atoms. The fourth-order valence-corrected chi connectivity index (χ4v) is 5.14. The van der Waals surface area contributed by atoms with Crippen molar-refractivity contribution in [1.82, 2.24) is 9.80 Å². The molecule has 2 aromatic carbocycles.